The Morgan fingerprint density at radius 2 is 1.70 bits per heavy atom. The Morgan fingerprint density at radius 1 is 0.970 bits per heavy atom. The number of fused-ring (bicyclic) bond motifs is 4. The molecule has 0 saturated heterocycles. The predicted molar refractivity (Wildman–Crippen MR) is 114 cm³/mol. The first kappa shape index (κ1) is 21.1. The minimum Gasteiger partial charge on any atom is -0.502 e. The van der Waals surface area contributed by atoms with Crippen LogP contribution in [0.5, 0.6) is 5.75 Å². The van der Waals surface area contributed by atoms with Crippen LogP contribution in [-0.4, -0.2) is 33.8 Å². The number of hydrogen-bond donors (Lipinski definition) is 1. The van der Waals surface area contributed by atoms with Crippen molar-refractivity contribution in [2.75, 3.05) is 12.1 Å². The molecule has 1 amide bonds. The highest BCUT2D eigenvalue weighted by Gasteiger charge is 2.43. The van der Waals surface area contributed by atoms with Gasteiger partial charge >= 0.3 is 0 Å². The molecule has 0 saturated carbocycles. The summed E-state index contributed by atoms with van der Waals surface area (Å²) in [6.07, 6.45) is 2.13. The number of carbonyl (C=O) groups excluding carboxylic acids is 1. The summed E-state index contributed by atoms with van der Waals surface area (Å²) in [7, 11) is 1.53. The molecule has 0 radical (unpaired) electrons. The second-order valence-electron chi connectivity index (χ2n) is 8.28. The number of rotatable bonds is 1. The Balaban J connectivity index is 1.87. The van der Waals surface area contributed by atoms with E-state index in [1.165, 1.54) is 35.0 Å². The maximum atomic E-state index is 15.2. The summed E-state index contributed by atoms with van der Waals surface area (Å²) in [4.78, 5) is 26.6. The number of aromatic nitrogens is 1. The van der Waals surface area contributed by atoms with Crippen molar-refractivity contribution in [2.24, 2.45) is 0 Å². The summed E-state index contributed by atoms with van der Waals surface area (Å²) in [6.45, 7) is 0. The maximum absolute atomic E-state index is 15.2. The number of hydrogen-bond acceptors (Lipinski definition) is 4. The molecular formula is C24H20F3N3O3. The van der Waals surface area contributed by atoms with Crippen molar-refractivity contribution in [1.82, 2.24) is 9.58 Å². The van der Waals surface area contributed by atoms with Crippen molar-refractivity contribution in [3.63, 3.8) is 0 Å². The Morgan fingerprint density at radius 3 is 2.45 bits per heavy atom. The second-order valence-corrected chi connectivity index (χ2v) is 8.28. The number of pyridine rings is 1. The zero-order chi connectivity index (χ0) is 23.4. The van der Waals surface area contributed by atoms with E-state index >= 15 is 4.39 Å². The molecule has 5 rings (SSSR count). The molecule has 2 aromatic carbocycles. The van der Waals surface area contributed by atoms with Gasteiger partial charge in [0, 0.05) is 24.9 Å². The third-order valence-electron chi connectivity index (χ3n) is 6.43. The molecule has 2 aliphatic heterocycles. The normalized spacial score (nSPS) is 19.9. The van der Waals surface area contributed by atoms with Crippen LogP contribution in [0.1, 0.15) is 46.1 Å². The van der Waals surface area contributed by atoms with Gasteiger partial charge in [0.2, 0.25) is 5.43 Å². The molecule has 1 N–H and O–H groups in total. The van der Waals surface area contributed by atoms with E-state index in [-0.39, 0.29) is 11.3 Å². The third kappa shape index (κ3) is 3.18. The summed E-state index contributed by atoms with van der Waals surface area (Å²) >= 11 is 0. The van der Waals surface area contributed by atoms with Crippen LogP contribution in [0.4, 0.5) is 13.2 Å². The van der Waals surface area contributed by atoms with Gasteiger partial charge in [-0.15, -0.1) is 0 Å². The molecule has 0 bridgehead atoms. The molecule has 0 aliphatic carbocycles. The monoisotopic (exact) mass is 455 g/mol. The van der Waals surface area contributed by atoms with E-state index in [4.69, 9.17) is 0 Å². The van der Waals surface area contributed by atoms with Crippen molar-refractivity contribution >= 4 is 5.91 Å². The van der Waals surface area contributed by atoms with Crippen molar-refractivity contribution in [3.8, 4) is 5.75 Å². The van der Waals surface area contributed by atoms with Crippen LogP contribution >= 0.6 is 0 Å². The molecule has 2 aliphatic rings. The number of benzene rings is 2. The smallest absolute Gasteiger partial charge is 0.277 e. The zero-order valence-corrected chi connectivity index (χ0v) is 17.6. The van der Waals surface area contributed by atoms with Crippen molar-refractivity contribution in [1.29, 1.82) is 0 Å². The van der Waals surface area contributed by atoms with E-state index in [1.807, 2.05) is 0 Å². The average Bonchev–Trinajstić information content (AvgIpc) is 2.78. The molecule has 6 nitrogen and oxygen atoms in total. The third-order valence-corrected chi connectivity index (χ3v) is 6.43. The molecule has 3 aromatic rings. The summed E-state index contributed by atoms with van der Waals surface area (Å²) < 4.78 is 45.1. The van der Waals surface area contributed by atoms with Crippen molar-refractivity contribution in [2.45, 2.75) is 31.5 Å². The van der Waals surface area contributed by atoms with E-state index in [9.17, 15) is 23.5 Å². The molecule has 3 heterocycles. The summed E-state index contributed by atoms with van der Waals surface area (Å²) in [6, 6.07) is 8.29. The van der Waals surface area contributed by atoms with Gasteiger partial charge < -0.3 is 10.0 Å². The Bertz CT molecular complexity index is 1340. The summed E-state index contributed by atoms with van der Waals surface area (Å²) in [5, 5.41) is 12.1. The average molecular weight is 455 g/mol. The molecule has 9 heteroatoms. The van der Waals surface area contributed by atoms with E-state index < -0.39 is 46.7 Å². The van der Waals surface area contributed by atoms with Crippen LogP contribution in [0.3, 0.4) is 0 Å². The molecule has 170 valence electrons. The highest BCUT2D eigenvalue weighted by atomic mass is 19.2. The topological polar surface area (TPSA) is 65.8 Å². The fraction of sp³-hybridized carbons (Fsp3) is 0.250. The lowest BCUT2D eigenvalue weighted by Gasteiger charge is -2.50. The number of aromatic hydroxyl groups is 1. The molecule has 0 spiro atoms. The van der Waals surface area contributed by atoms with Gasteiger partial charge in [0.05, 0.1) is 0 Å². The SMILES string of the molecule is CN1C(=O)c2c(O)c(=O)ccn2N2C1CCCc1cc(F)c(F)cc1[C@@H]2c1ccccc1F. The first-order valence-corrected chi connectivity index (χ1v) is 10.5. The maximum Gasteiger partial charge on any atom is 0.277 e. The van der Waals surface area contributed by atoms with E-state index in [0.29, 0.717) is 30.4 Å². The van der Waals surface area contributed by atoms with Gasteiger partial charge in [-0.05, 0) is 48.6 Å². The van der Waals surface area contributed by atoms with Crippen molar-refractivity contribution in [3.05, 3.63) is 98.7 Å². The van der Waals surface area contributed by atoms with E-state index in [2.05, 4.69) is 0 Å². The fourth-order valence-electron chi connectivity index (χ4n) is 4.85. The molecule has 1 aromatic heterocycles. The highest BCUT2D eigenvalue weighted by molar-refractivity contribution is 5.96. The van der Waals surface area contributed by atoms with Gasteiger partial charge in [-0.2, -0.15) is 0 Å². The lowest BCUT2D eigenvalue weighted by Crippen LogP contribution is -2.61. The summed E-state index contributed by atoms with van der Waals surface area (Å²) in [5.74, 6) is -3.93. The second kappa shape index (κ2) is 7.68. The first-order valence-electron chi connectivity index (χ1n) is 10.5. The van der Waals surface area contributed by atoms with Gasteiger partial charge in [-0.3, -0.25) is 19.3 Å². The first-order chi connectivity index (χ1) is 15.8. The number of halogens is 3. The van der Waals surface area contributed by atoms with Crippen LogP contribution in [-0.2, 0) is 6.42 Å². The van der Waals surface area contributed by atoms with Crippen LogP contribution < -0.4 is 10.4 Å². The van der Waals surface area contributed by atoms with Gasteiger partial charge in [0.15, 0.2) is 23.1 Å². The lowest BCUT2D eigenvalue weighted by atomic mass is 9.88. The molecular weight excluding hydrogens is 435 g/mol. The predicted octanol–water partition coefficient (Wildman–Crippen LogP) is 3.45. The Labute approximate surface area is 187 Å². The van der Waals surface area contributed by atoms with Crippen LogP contribution in [0.25, 0.3) is 0 Å². The Hall–Kier alpha value is -3.75. The zero-order valence-electron chi connectivity index (χ0n) is 17.6. The molecule has 33 heavy (non-hydrogen) atoms. The van der Waals surface area contributed by atoms with E-state index in [1.54, 1.807) is 17.1 Å². The number of nitrogens with zero attached hydrogens (tertiary/aromatic N) is 3. The highest BCUT2D eigenvalue weighted by Crippen LogP contribution is 2.40. The van der Waals surface area contributed by atoms with Crippen molar-refractivity contribution < 1.29 is 23.1 Å². The fourth-order valence-corrected chi connectivity index (χ4v) is 4.85. The molecule has 2 atom stereocenters. The van der Waals surface area contributed by atoms with Gasteiger partial charge in [0.25, 0.3) is 5.91 Å². The number of carbonyl (C=O) groups is 1. The molecule has 0 fully saturated rings. The standard InChI is InChI=1S/C24H20F3N3O3/c1-28-20-8-4-5-13-11-17(26)18(27)12-15(13)21(14-6-2-3-7-16(14)25)30(20)29-10-9-19(31)23(32)22(29)24(28)33/h2-3,6-7,9-12,20-21,32H,4-5,8H2,1H3/t20?,21-/m0/s1. The van der Waals surface area contributed by atoms with Crippen LogP contribution in [0, 0.1) is 17.5 Å². The van der Waals surface area contributed by atoms with Crippen LogP contribution in [0.2, 0.25) is 0 Å². The van der Waals surface area contributed by atoms with Gasteiger partial charge in [-0.1, -0.05) is 18.2 Å². The number of amides is 1. The number of aryl methyl sites for hydroxylation is 1. The van der Waals surface area contributed by atoms with Gasteiger partial charge in [-0.25, -0.2) is 13.2 Å². The van der Waals surface area contributed by atoms with Gasteiger partial charge in [0.1, 0.15) is 18.0 Å². The molecule has 1 unspecified atom stereocenters. The minimum absolute atomic E-state index is 0.184. The summed E-state index contributed by atoms with van der Waals surface area (Å²) in [5.41, 5.74) is 0.0443. The Kier molecular flexibility index (Phi) is 4.92. The minimum atomic E-state index is -1.07. The largest absolute Gasteiger partial charge is 0.502 e. The lowest BCUT2D eigenvalue weighted by molar-refractivity contribution is 0.0599. The van der Waals surface area contributed by atoms with E-state index in [0.717, 1.165) is 18.2 Å². The van der Waals surface area contributed by atoms with Crippen LogP contribution in [0.15, 0.2) is 53.5 Å². The quantitative estimate of drug-likeness (QED) is 0.611.